The van der Waals surface area contributed by atoms with Gasteiger partial charge >= 0.3 is 0 Å². The lowest BCUT2D eigenvalue weighted by atomic mass is 9.94. The highest BCUT2D eigenvalue weighted by Gasteiger charge is 2.18. The van der Waals surface area contributed by atoms with Crippen LogP contribution in [0.3, 0.4) is 0 Å². The summed E-state index contributed by atoms with van der Waals surface area (Å²) >= 11 is 0. The van der Waals surface area contributed by atoms with Gasteiger partial charge in [-0.05, 0) is 138 Å². The number of anilines is 3. The largest absolute Gasteiger partial charge is 0.455 e. The molecule has 0 spiro atoms. The Morgan fingerprint density at radius 1 is 0.231 bits per heavy atom. The molecule has 302 valence electrons. The summed E-state index contributed by atoms with van der Waals surface area (Å²) in [6.45, 7) is 0. The van der Waals surface area contributed by atoms with E-state index in [9.17, 15) is 0 Å². The van der Waals surface area contributed by atoms with E-state index >= 15 is 0 Å². The van der Waals surface area contributed by atoms with Crippen LogP contribution >= 0.6 is 0 Å². The van der Waals surface area contributed by atoms with Crippen molar-refractivity contribution in [3.05, 3.63) is 224 Å². The number of fused-ring (bicyclic) bond motifs is 16. The number of rotatable bonds is 5. The van der Waals surface area contributed by atoms with Gasteiger partial charge in [0.25, 0.3) is 0 Å². The van der Waals surface area contributed by atoms with Gasteiger partial charge in [-0.25, -0.2) is 0 Å². The highest BCUT2D eigenvalue weighted by Crippen LogP contribution is 2.43. The summed E-state index contributed by atoms with van der Waals surface area (Å²) in [7, 11) is 0. The minimum absolute atomic E-state index is 0.898. The first kappa shape index (κ1) is 35.9. The van der Waals surface area contributed by atoms with Crippen molar-refractivity contribution in [2.24, 2.45) is 0 Å². The van der Waals surface area contributed by atoms with Gasteiger partial charge in [0.15, 0.2) is 0 Å². The van der Waals surface area contributed by atoms with Crippen LogP contribution in [0.15, 0.2) is 233 Å². The van der Waals surface area contributed by atoms with Crippen LogP contribution in [0.25, 0.3) is 120 Å². The van der Waals surface area contributed by atoms with E-state index in [1.807, 2.05) is 0 Å². The SMILES string of the molecule is c1ccc2c(c1)ccc1c3cc(-c4ccc(N(c5ccc(-c6ccc7oc8c9ccccc9ccc8c7c6)cc5)c5ccc6c7ccccc7c7ccccc7c6c5)cc4)ccc3oc21. The smallest absolute Gasteiger partial charge is 0.143 e. The van der Waals surface area contributed by atoms with Gasteiger partial charge in [-0.15, -0.1) is 0 Å². The number of benzene rings is 12. The van der Waals surface area contributed by atoms with Gasteiger partial charge in [-0.2, -0.15) is 0 Å². The lowest BCUT2D eigenvalue weighted by Crippen LogP contribution is -2.10. The van der Waals surface area contributed by atoms with Crippen LogP contribution in [-0.4, -0.2) is 0 Å². The molecule has 0 fully saturated rings. The predicted molar refractivity (Wildman–Crippen MR) is 274 cm³/mol. The first-order valence-electron chi connectivity index (χ1n) is 22.2. The van der Waals surface area contributed by atoms with Gasteiger partial charge < -0.3 is 13.7 Å². The molecule has 12 aromatic carbocycles. The van der Waals surface area contributed by atoms with Crippen LogP contribution in [-0.2, 0) is 0 Å². The third kappa shape index (κ3) is 5.56. The van der Waals surface area contributed by atoms with Crippen molar-refractivity contribution in [2.45, 2.75) is 0 Å². The highest BCUT2D eigenvalue weighted by atomic mass is 16.3. The van der Waals surface area contributed by atoms with Crippen LogP contribution < -0.4 is 4.90 Å². The fourth-order valence-electron chi connectivity index (χ4n) is 10.5. The molecule has 0 bridgehead atoms. The van der Waals surface area contributed by atoms with E-state index in [0.29, 0.717) is 0 Å². The number of furan rings is 2. The summed E-state index contributed by atoms with van der Waals surface area (Å²) in [6.07, 6.45) is 0. The maximum absolute atomic E-state index is 6.46. The predicted octanol–water partition coefficient (Wildman–Crippen LogP) is 18.1. The summed E-state index contributed by atoms with van der Waals surface area (Å²) < 4.78 is 12.9. The molecular weight excluding hydrogens is 791 g/mol. The lowest BCUT2D eigenvalue weighted by molar-refractivity contribution is 0.672. The van der Waals surface area contributed by atoms with E-state index in [0.717, 1.165) is 94.0 Å². The molecule has 0 saturated heterocycles. The third-order valence-electron chi connectivity index (χ3n) is 13.6. The van der Waals surface area contributed by atoms with Crippen LogP contribution in [0.1, 0.15) is 0 Å². The van der Waals surface area contributed by atoms with E-state index in [4.69, 9.17) is 8.83 Å². The first-order valence-corrected chi connectivity index (χ1v) is 22.2. The maximum atomic E-state index is 6.46. The van der Waals surface area contributed by atoms with Crippen molar-refractivity contribution in [3.8, 4) is 22.3 Å². The molecule has 0 aliphatic heterocycles. The lowest BCUT2D eigenvalue weighted by Gasteiger charge is -2.26. The molecule has 0 aliphatic rings. The molecule has 0 unspecified atom stereocenters. The van der Waals surface area contributed by atoms with E-state index in [-0.39, 0.29) is 0 Å². The third-order valence-corrected chi connectivity index (χ3v) is 13.6. The molecule has 0 saturated carbocycles. The molecule has 0 N–H and O–H groups in total. The topological polar surface area (TPSA) is 29.5 Å². The Hall–Kier alpha value is -8.66. The van der Waals surface area contributed by atoms with Crippen molar-refractivity contribution in [1.82, 2.24) is 0 Å². The molecular formula is C62H37NO2. The zero-order chi connectivity index (χ0) is 42.6. The molecule has 3 heteroatoms. The monoisotopic (exact) mass is 827 g/mol. The zero-order valence-corrected chi connectivity index (χ0v) is 35.1. The summed E-state index contributed by atoms with van der Waals surface area (Å²) in [5, 5.41) is 16.7. The minimum atomic E-state index is 0.898. The van der Waals surface area contributed by atoms with Crippen molar-refractivity contribution < 1.29 is 8.83 Å². The standard InChI is InChI=1S/C62H37NO2/c1-3-11-47-40(9-1)21-30-54-57-35-42(23-33-59(57)64-61(47)54)38-17-25-44(26-18-38)63(46-29-32-53-51-15-6-5-13-49(51)50-14-7-8-16-52(50)56(53)37-46)45-27-19-39(20-28-45)43-24-34-60-58(36-43)55-31-22-41-10-2-4-12-48(41)62(55)65-60/h1-37H. The van der Waals surface area contributed by atoms with Gasteiger partial charge in [-0.1, -0.05) is 152 Å². The summed E-state index contributed by atoms with van der Waals surface area (Å²) in [4.78, 5) is 2.38. The highest BCUT2D eigenvalue weighted by molar-refractivity contribution is 6.26. The fraction of sp³-hybridized carbons (Fsp3) is 0. The van der Waals surface area contributed by atoms with Gasteiger partial charge in [0.2, 0.25) is 0 Å². The molecule has 2 aromatic heterocycles. The van der Waals surface area contributed by atoms with Crippen LogP contribution in [0.2, 0.25) is 0 Å². The van der Waals surface area contributed by atoms with Crippen molar-refractivity contribution in [2.75, 3.05) is 4.90 Å². The van der Waals surface area contributed by atoms with Crippen molar-refractivity contribution in [1.29, 1.82) is 0 Å². The van der Waals surface area contributed by atoms with Crippen LogP contribution in [0.4, 0.5) is 17.1 Å². The molecule has 0 atom stereocenters. The summed E-state index contributed by atoms with van der Waals surface area (Å²) in [6, 6.07) is 81.2. The Morgan fingerprint density at radius 2 is 0.600 bits per heavy atom. The molecule has 3 nitrogen and oxygen atoms in total. The Kier molecular flexibility index (Phi) is 7.69. The van der Waals surface area contributed by atoms with Crippen LogP contribution in [0, 0.1) is 0 Å². The summed E-state index contributed by atoms with van der Waals surface area (Å²) in [5.74, 6) is 0. The van der Waals surface area contributed by atoms with Crippen molar-refractivity contribution in [3.63, 3.8) is 0 Å². The Labute approximate surface area is 373 Å². The second kappa shape index (κ2) is 13.9. The second-order valence-corrected chi connectivity index (χ2v) is 17.2. The molecule has 65 heavy (non-hydrogen) atoms. The normalized spacial score (nSPS) is 12.0. The Bertz CT molecular complexity index is 4000. The molecule has 14 rings (SSSR count). The average Bonchev–Trinajstić information content (AvgIpc) is 3.95. The maximum Gasteiger partial charge on any atom is 0.143 e. The van der Waals surface area contributed by atoms with Crippen LogP contribution in [0.5, 0.6) is 0 Å². The summed E-state index contributed by atoms with van der Waals surface area (Å²) in [5.41, 5.74) is 11.5. The van der Waals surface area contributed by atoms with Gasteiger partial charge in [-0.3, -0.25) is 0 Å². The molecule has 0 amide bonds. The number of hydrogen-bond acceptors (Lipinski definition) is 3. The molecule has 2 heterocycles. The van der Waals surface area contributed by atoms with Crippen molar-refractivity contribution >= 4 is 115 Å². The number of nitrogens with zero attached hydrogens (tertiary/aromatic N) is 1. The quantitative estimate of drug-likeness (QED) is 0.162. The molecule has 0 radical (unpaired) electrons. The fourth-order valence-corrected chi connectivity index (χ4v) is 10.5. The van der Waals surface area contributed by atoms with Gasteiger partial charge in [0.05, 0.1) is 0 Å². The Balaban J connectivity index is 0.891. The van der Waals surface area contributed by atoms with Gasteiger partial charge in [0, 0.05) is 49.4 Å². The van der Waals surface area contributed by atoms with Gasteiger partial charge in [0.1, 0.15) is 22.3 Å². The second-order valence-electron chi connectivity index (χ2n) is 17.2. The number of hydrogen-bond donors (Lipinski definition) is 0. The molecule has 0 aliphatic carbocycles. The van der Waals surface area contributed by atoms with E-state index < -0.39 is 0 Å². The van der Waals surface area contributed by atoms with E-state index in [1.165, 1.54) is 43.1 Å². The minimum Gasteiger partial charge on any atom is -0.455 e. The first-order chi connectivity index (χ1) is 32.2. The Morgan fingerprint density at radius 3 is 1.08 bits per heavy atom. The average molecular weight is 828 g/mol. The molecule has 14 aromatic rings. The van der Waals surface area contributed by atoms with E-state index in [1.54, 1.807) is 0 Å². The van der Waals surface area contributed by atoms with E-state index in [2.05, 4.69) is 229 Å². The zero-order valence-electron chi connectivity index (χ0n) is 35.1.